The van der Waals surface area contributed by atoms with Gasteiger partial charge in [-0.25, -0.2) is 9.97 Å². The maximum Gasteiger partial charge on any atom is 0.156 e. The molecular weight excluding hydrogens is 330 g/mol. The second-order valence-electron chi connectivity index (χ2n) is 6.21. The maximum absolute atomic E-state index is 5.53. The summed E-state index contributed by atoms with van der Waals surface area (Å²) in [6.45, 7) is 5.40. The number of nitrogens with one attached hydrogen (secondary N) is 2. The van der Waals surface area contributed by atoms with E-state index in [0.29, 0.717) is 25.6 Å². The molecule has 2 aromatic heterocycles. The lowest BCUT2D eigenvalue weighted by molar-refractivity contribution is 0.128. The highest BCUT2D eigenvalue weighted by molar-refractivity contribution is 5.49. The van der Waals surface area contributed by atoms with E-state index in [0.717, 1.165) is 43.1 Å². The van der Waals surface area contributed by atoms with Crippen LogP contribution in [0.2, 0.25) is 0 Å². The fourth-order valence-electron chi connectivity index (χ4n) is 3.09. The molecule has 0 saturated heterocycles. The summed E-state index contributed by atoms with van der Waals surface area (Å²) in [5.74, 6) is 1.58. The summed E-state index contributed by atoms with van der Waals surface area (Å²) in [4.78, 5) is 14.0. The van der Waals surface area contributed by atoms with Crippen molar-refractivity contribution in [2.45, 2.75) is 32.4 Å². The molecule has 0 radical (unpaired) electrons. The summed E-state index contributed by atoms with van der Waals surface area (Å²) in [7, 11) is 1.70. The number of nitrogens with zero attached hydrogens (tertiary/aromatic N) is 3. The summed E-state index contributed by atoms with van der Waals surface area (Å²) in [6.07, 6.45) is 3.59. The Labute approximate surface area is 154 Å². The molecule has 7 heteroatoms. The first-order chi connectivity index (χ1) is 12.8. The van der Waals surface area contributed by atoms with Crippen molar-refractivity contribution >= 4 is 5.82 Å². The van der Waals surface area contributed by atoms with Crippen molar-refractivity contribution in [1.29, 1.82) is 0 Å². The first-order valence-electron chi connectivity index (χ1n) is 9.15. The Bertz CT molecular complexity index is 696. The first-order valence-corrected chi connectivity index (χ1v) is 9.15. The second-order valence-corrected chi connectivity index (χ2v) is 6.21. The fourth-order valence-corrected chi connectivity index (χ4v) is 3.09. The van der Waals surface area contributed by atoms with Crippen LogP contribution in [0.5, 0.6) is 0 Å². The predicted octanol–water partition coefficient (Wildman–Crippen LogP) is 1.90. The van der Waals surface area contributed by atoms with Crippen LogP contribution in [0.3, 0.4) is 0 Å². The van der Waals surface area contributed by atoms with Crippen LogP contribution in [0.1, 0.15) is 35.7 Å². The molecule has 3 heterocycles. The highest BCUT2D eigenvalue weighted by Crippen LogP contribution is 2.24. The van der Waals surface area contributed by atoms with E-state index in [-0.39, 0.29) is 6.04 Å². The summed E-state index contributed by atoms with van der Waals surface area (Å²) in [5, 5.41) is 6.98. The number of anilines is 1. The maximum atomic E-state index is 5.53. The van der Waals surface area contributed by atoms with Crippen molar-refractivity contribution in [2.24, 2.45) is 0 Å². The molecule has 0 unspecified atom stereocenters. The van der Waals surface area contributed by atoms with Crippen molar-refractivity contribution in [3.63, 3.8) is 0 Å². The number of hydrogen-bond donors (Lipinski definition) is 2. The molecule has 140 valence electrons. The van der Waals surface area contributed by atoms with Crippen molar-refractivity contribution < 1.29 is 9.47 Å². The van der Waals surface area contributed by atoms with Gasteiger partial charge in [0, 0.05) is 38.4 Å². The smallest absolute Gasteiger partial charge is 0.156 e. The normalized spacial score (nSPS) is 15.2. The third-order valence-electron chi connectivity index (χ3n) is 4.35. The number of rotatable bonds is 8. The topological polar surface area (TPSA) is 81.2 Å². The van der Waals surface area contributed by atoms with E-state index in [2.05, 4.69) is 15.6 Å². The highest BCUT2D eigenvalue weighted by atomic mass is 16.5. The van der Waals surface area contributed by atoms with Crippen LogP contribution in [0.25, 0.3) is 0 Å². The standard InChI is InChI=1S/C19H27N5O2/c1-3-26-13-18-22-15-8-11-20-10-7-14(15)19(24-18)23-17(12-25-2)16-6-4-5-9-21-16/h4-6,9,17,20H,3,7-8,10-13H2,1-2H3,(H,22,23,24)/t17-/m0/s1. The van der Waals surface area contributed by atoms with Gasteiger partial charge >= 0.3 is 0 Å². The van der Waals surface area contributed by atoms with Crippen LogP contribution in [0.4, 0.5) is 5.82 Å². The van der Waals surface area contributed by atoms with Crippen LogP contribution in [0.15, 0.2) is 24.4 Å². The largest absolute Gasteiger partial charge is 0.382 e. The molecule has 0 aliphatic carbocycles. The quantitative estimate of drug-likeness (QED) is 0.747. The first kappa shape index (κ1) is 18.7. The highest BCUT2D eigenvalue weighted by Gasteiger charge is 2.20. The van der Waals surface area contributed by atoms with Gasteiger partial charge in [-0.15, -0.1) is 0 Å². The van der Waals surface area contributed by atoms with Gasteiger partial charge in [-0.1, -0.05) is 6.07 Å². The average molecular weight is 357 g/mol. The third-order valence-corrected chi connectivity index (χ3v) is 4.35. The summed E-state index contributed by atoms with van der Waals surface area (Å²) in [5.41, 5.74) is 3.20. The predicted molar refractivity (Wildman–Crippen MR) is 100 cm³/mol. The monoisotopic (exact) mass is 357 g/mol. The molecule has 7 nitrogen and oxygen atoms in total. The number of ether oxygens (including phenoxy) is 2. The zero-order valence-electron chi connectivity index (χ0n) is 15.5. The molecule has 1 atom stereocenters. The zero-order valence-corrected chi connectivity index (χ0v) is 15.5. The van der Waals surface area contributed by atoms with E-state index in [1.54, 1.807) is 13.3 Å². The van der Waals surface area contributed by atoms with Crippen molar-refractivity contribution in [3.05, 3.63) is 47.2 Å². The SMILES string of the molecule is CCOCc1nc2c(c(N[C@@H](COC)c3ccccn3)n1)CCNCC2. The lowest BCUT2D eigenvalue weighted by atomic mass is 10.1. The zero-order chi connectivity index (χ0) is 18.2. The Kier molecular flexibility index (Phi) is 6.88. The third kappa shape index (κ3) is 4.75. The Balaban J connectivity index is 1.92. The minimum atomic E-state index is -0.0728. The van der Waals surface area contributed by atoms with E-state index >= 15 is 0 Å². The van der Waals surface area contributed by atoms with Crippen molar-refractivity contribution in [3.8, 4) is 0 Å². The summed E-state index contributed by atoms with van der Waals surface area (Å²) < 4.78 is 10.9. The van der Waals surface area contributed by atoms with Gasteiger partial charge in [0.15, 0.2) is 5.82 Å². The number of fused-ring (bicyclic) bond motifs is 1. The molecule has 0 aromatic carbocycles. The molecule has 2 N–H and O–H groups in total. The number of pyridine rings is 1. The summed E-state index contributed by atoms with van der Waals surface area (Å²) >= 11 is 0. The molecule has 26 heavy (non-hydrogen) atoms. The van der Waals surface area contributed by atoms with Gasteiger partial charge in [-0.05, 0) is 32.0 Å². The second kappa shape index (κ2) is 9.56. The van der Waals surface area contributed by atoms with Gasteiger partial charge in [0.05, 0.1) is 24.0 Å². The molecule has 1 aliphatic heterocycles. The van der Waals surface area contributed by atoms with Crippen LogP contribution < -0.4 is 10.6 Å². The minimum absolute atomic E-state index is 0.0728. The van der Waals surface area contributed by atoms with Gasteiger partial charge in [-0.3, -0.25) is 4.98 Å². The number of methoxy groups -OCH3 is 1. The van der Waals surface area contributed by atoms with Gasteiger partial charge < -0.3 is 20.1 Å². The molecule has 0 fully saturated rings. The van der Waals surface area contributed by atoms with Crippen LogP contribution in [-0.2, 0) is 28.9 Å². The molecule has 1 aliphatic rings. The molecular formula is C19H27N5O2. The van der Waals surface area contributed by atoms with Crippen LogP contribution in [-0.4, -0.2) is 48.4 Å². The fraction of sp³-hybridized carbons (Fsp3) is 0.526. The minimum Gasteiger partial charge on any atom is -0.382 e. The molecule has 0 spiro atoms. The van der Waals surface area contributed by atoms with Crippen LogP contribution >= 0.6 is 0 Å². The molecule has 0 amide bonds. The molecule has 0 bridgehead atoms. The lowest BCUT2D eigenvalue weighted by Crippen LogP contribution is -2.21. The Morgan fingerprint density at radius 1 is 1.23 bits per heavy atom. The van der Waals surface area contributed by atoms with E-state index < -0.39 is 0 Å². The molecule has 3 rings (SSSR count). The lowest BCUT2D eigenvalue weighted by Gasteiger charge is -2.21. The Hall–Kier alpha value is -2.09. The Morgan fingerprint density at radius 2 is 2.12 bits per heavy atom. The van der Waals surface area contributed by atoms with Gasteiger partial charge in [0.2, 0.25) is 0 Å². The molecule has 2 aromatic rings. The molecule has 0 saturated carbocycles. The average Bonchev–Trinajstić information content (AvgIpc) is 2.92. The van der Waals surface area contributed by atoms with Gasteiger partial charge in [0.1, 0.15) is 12.4 Å². The van der Waals surface area contributed by atoms with Gasteiger partial charge in [0.25, 0.3) is 0 Å². The Morgan fingerprint density at radius 3 is 2.88 bits per heavy atom. The van der Waals surface area contributed by atoms with Crippen LogP contribution in [0, 0.1) is 0 Å². The number of hydrogen-bond acceptors (Lipinski definition) is 7. The van der Waals surface area contributed by atoms with Crippen molar-refractivity contribution in [2.75, 3.05) is 38.7 Å². The number of aromatic nitrogens is 3. The van der Waals surface area contributed by atoms with E-state index in [1.165, 1.54) is 5.56 Å². The van der Waals surface area contributed by atoms with Crippen molar-refractivity contribution in [1.82, 2.24) is 20.3 Å². The summed E-state index contributed by atoms with van der Waals surface area (Å²) in [6, 6.07) is 5.82. The van der Waals surface area contributed by atoms with E-state index in [9.17, 15) is 0 Å². The van der Waals surface area contributed by atoms with Gasteiger partial charge in [-0.2, -0.15) is 0 Å². The van der Waals surface area contributed by atoms with E-state index in [1.807, 2.05) is 25.1 Å². The van der Waals surface area contributed by atoms with E-state index in [4.69, 9.17) is 19.4 Å².